The number of benzene rings is 1. The lowest BCUT2D eigenvalue weighted by Crippen LogP contribution is -2.45. The number of rotatable bonds is 7. The third-order valence-corrected chi connectivity index (χ3v) is 3.16. The zero-order valence-electron chi connectivity index (χ0n) is 12.2. The van der Waals surface area contributed by atoms with Gasteiger partial charge in [0.05, 0.1) is 0 Å². The molecule has 0 radical (unpaired) electrons. The van der Waals surface area contributed by atoms with Gasteiger partial charge in [0.15, 0.2) is 6.10 Å². The summed E-state index contributed by atoms with van der Waals surface area (Å²) < 4.78 is 5.63. The van der Waals surface area contributed by atoms with Crippen molar-refractivity contribution in [2.75, 3.05) is 13.2 Å². The van der Waals surface area contributed by atoms with Gasteiger partial charge in [0.2, 0.25) is 0 Å². The number of carbonyl (C=O) groups is 1. The third kappa shape index (κ3) is 5.02. The smallest absolute Gasteiger partial charge is 0.263 e. The van der Waals surface area contributed by atoms with Gasteiger partial charge in [0.25, 0.3) is 5.91 Å². The SMILES string of the molecule is CC(Oc1cccc(Cl)c1)C(=O)N(CCCO)C(C)C. The predicted octanol–water partition coefficient (Wildman–Crippen LogP) is 2.73. The van der Waals surface area contributed by atoms with Gasteiger partial charge in [-0.1, -0.05) is 17.7 Å². The molecule has 1 aromatic rings. The number of nitrogens with zero attached hydrogens (tertiary/aromatic N) is 1. The van der Waals surface area contributed by atoms with Crippen molar-refractivity contribution in [2.45, 2.75) is 39.3 Å². The molecule has 0 bridgehead atoms. The van der Waals surface area contributed by atoms with Crippen LogP contribution in [-0.4, -0.2) is 41.2 Å². The van der Waals surface area contributed by atoms with Crippen molar-refractivity contribution < 1.29 is 14.6 Å². The Morgan fingerprint density at radius 1 is 1.40 bits per heavy atom. The Hall–Kier alpha value is -1.26. The maximum atomic E-state index is 12.4. The van der Waals surface area contributed by atoms with Crippen LogP contribution in [0.5, 0.6) is 5.75 Å². The van der Waals surface area contributed by atoms with Gasteiger partial charge in [-0.3, -0.25) is 4.79 Å². The zero-order valence-corrected chi connectivity index (χ0v) is 12.9. The van der Waals surface area contributed by atoms with Crippen LogP contribution < -0.4 is 4.74 Å². The molecule has 0 heterocycles. The van der Waals surface area contributed by atoms with Crippen LogP contribution in [0.4, 0.5) is 0 Å². The summed E-state index contributed by atoms with van der Waals surface area (Å²) in [5.41, 5.74) is 0. The normalized spacial score (nSPS) is 12.3. The molecule has 0 aromatic heterocycles. The maximum absolute atomic E-state index is 12.4. The Morgan fingerprint density at radius 2 is 2.10 bits per heavy atom. The molecule has 0 spiro atoms. The summed E-state index contributed by atoms with van der Waals surface area (Å²) in [4.78, 5) is 14.1. The zero-order chi connectivity index (χ0) is 15.1. The van der Waals surface area contributed by atoms with Gasteiger partial charge >= 0.3 is 0 Å². The highest BCUT2D eigenvalue weighted by atomic mass is 35.5. The molecule has 1 aromatic carbocycles. The van der Waals surface area contributed by atoms with Crippen molar-refractivity contribution in [2.24, 2.45) is 0 Å². The molecule has 0 fully saturated rings. The standard InChI is InChI=1S/C15H22ClNO3/c1-11(2)17(8-5-9-18)15(19)12(3)20-14-7-4-6-13(16)10-14/h4,6-7,10-12,18H,5,8-9H2,1-3H3. The molecular weight excluding hydrogens is 278 g/mol. The van der Waals surface area contributed by atoms with E-state index < -0.39 is 6.10 Å². The second-order valence-corrected chi connectivity index (χ2v) is 5.36. The fourth-order valence-corrected chi connectivity index (χ4v) is 2.07. The van der Waals surface area contributed by atoms with Crippen LogP contribution in [0, 0.1) is 0 Å². The van der Waals surface area contributed by atoms with Gasteiger partial charge < -0.3 is 14.7 Å². The van der Waals surface area contributed by atoms with Crippen molar-refractivity contribution in [1.82, 2.24) is 4.90 Å². The third-order valence-electron chi connectivity index (χ3n) is 2.92. The van der Waals surface area contributed by atoms with Crippen molar-refractivity contribution in [3.8, 4) is 5.75 Å². The van der Waals surface area contributed by atoms with E-state index in [1.54, 1.807) is 36.1 Å². The second kappa shape index (κ2) is 8.12. The van der Waals surface area contributed by atoms with Crippen molar-refractivity contribution in [3.05, 3.63) is 29.3 Å². The lowest BCUT2D eigenvalue weighted by atomic mass is 10.2. The maximum Gasteiger partial charge on any atom is 0.263 e. The summed E-state index contributed by atoms with van der Waals surface area (Å²) in [6.45, 7) is 6.20. The number of amides is 1. The summed E-state index contributed by atoms with van der Waals surface area (Å²) in [7, 11) is 0. The van der Waals surface area contributed by atoms with Crippen molar-refractivity contribution in [3.63, 3.8) is 0 Å². The highest BCUT2D eigenvalue weighted by molar-refractivity contribution is 6.30. The molecule has 0 aliphatic rings. The van der Waals surface area contributed by atoms with Crippen molar-refractivity contribution in [1.29, 1.82) is 0 Å². The summed E-state index contributed by atoms with van der Waals surface area (Å²) in [6.07, 6.45) is -0.0251. The van der Waals surface area contributed by atoms with Crippen LogP contribution in [0.25, 0.3) is 0 Å². The number of aliphatic hydroxyl groups is 1. The van der Waals surface area contributed by atoms with E-state index in [9.17, 15) is 4.79 Å². The number of aliphatic hydroxyl groups excluding tert-OH is 1. The molecule has 0 aliphatic carbocycles. The minimum absolute atomic E-state index is 0.0689. The minimum atomic E-state index is -0.588. The minimum Gasteiger partial charge on any atom is -0.481 e. The topological polar surface area (TPSA) is 49.8 Å². The van der Waals surface area contributed by atoms with Crippen LogP contribution in [-0.2, 0) is 4.79 Å². The van der Waals surface area contributed by atoms with Crippen LogP contribution in [0.3, 0.4) is 0 Å². The largest absolute Gasteiger partial charge is 0.481 e. The van der Waals surface area contributed by atoms with E-state index in [0.717, 1.165) is 0 Å². The summed E-state index contributed by atoms with van der Waals surface area (Å²) in [5, 5.41) is 9.47. The average Bonchev–Trinajstić information content (AvgIpc) is 2.38. The Kier molecular flexibility index (Phi) is 6.82. The predicted molar refractivity (Wildman–Crippen MR) is 80.1 cm³/mol. The van der Waals surface area contributed by atoms with Gasteiger partial charge in [-0.2, -0.15) is 0 Å². The molecule has 20 heavy (non-hydrogen) atoms. The Balaban J connectivity index is 2.68. The van der Waals surface area contributed by atoms with E-state index in [2.05, 4.69) is 0 Å². The average molecular weight is 300 g/mol. The quantitative estimate of drug-likeness (QED) is 0.842. The molecule has 5 heteroatoms. The molecule has 1 N–H and O–H groups in total. The van der Waals surface area contributed by atoms with Crippen LogP contribution in [0.2, 0.25) is 5.02 Å². The number of hydrogen-bond acceptors (Lipinski definition) is 3. The molecule has 0 saturated carbocycles. The Bertz CT molecular complexity index is 437. The van der Waals surface area contributed by atoms with Gasteiger partial charge in [-0.15, -0.1) is 0 Å². The Labute approximate surface area is 125 Å². The summed E-state index contributed by atoms with van der Waals surface area (Å²) >= 11 is 5.89. The van der Waals surface area contributed by atoms with E-state index in [-0.39, 0.29) is 18.6 Å². The molecule has 4 nitrogen and oxygen atoms in total. The highest BCUT2D eigenvalue weighted by Crippen LogP contribution is 2.19. The Morgan fingerprint density at radius 3 is 2.65 bits per heavy atom. The molecule has 1 unspecified atom stereocenters. The van der Waals surface area contributed by atoms with Gasteiger partial charge in [-0.05, 0) is 45.4 Å². The summed E-state index contributed by atoms with van der Waals surface area (Å²) in [6, 6.07) is 7.05. The van der Waals surface area contributed by atoms with Gasteiger partial charge in [-0.25, -0.2) is 0 Å². The van der Waals surface area contributed by atoms with Gasteiger partial charge in [0.1, 0.15) is 5.75 Å². The first-order chi connectivity index (χ1) is 9.45. The van der Waals surface area contributed by atoms with Crippen LogP contribution in [0.1, 0.15) is 27.2 Å². The van der Waals surface area contributed by atoms with Crippen molar-refractivity contribution >= 4 is 17.5 Å². The van der Waals surface area contributed by atoms with E-state index in [0.29, 0.717) is 23.7 Å². The number of ether oxygens (including phenoxy) is 1. The van der Waals surface area contributed by atoms with Crippen LogP contribution in [0.15, 0.2) is 24.3 Å². The fourth-order valence-electron chi connectivity index (χ4n) is 1.89. The van der Waals surface area contributed by atoms with E-state index >= 15 is 0 Å². The fraction of sp³-hybridized carbons (Fsp3) is 0.533. The first kappa shape index (κ1) is 16.8. The molecule has 1 atom stereocenters. The lowest BCUT2D eigenvalue weighted by Gasteiger charge is -2.29. The van der Waals surface area contributed by atoms with Gasteiger partial charge in [0, 0.05) is 24.2 Å². The van der Waals surface area contributed by atoms with E-state index in [1.807, 2.05) is 13.8 Å². The monoisotopic (exact) mass is 299 g/mol. The molecule has 0 aliphatic heterocycles. The number of hydrogen-bond donors (Lipinski definition) is 1. The number of carbonyl (C=O) groups excluding carboxylic acids is 1. The lowest BCUT2D eigenvalue weighted by molar-refractivity contribution is -0.139. The first-order valence-electron chi connectivity index (χ1n) is 6.79. The summed E-state index contributed by atoms with van der Waals surface area (Å²) in [5.74, 6) is 0.484. The molecule has 0 saturated heterocycles. The molecule has 1 amide bonds. The van der Waals surface area contributed by atoms with Crippen LogP contribution >= 0.6 is 11.6 Å². The highest BCUT2D eigenvalue weighted by Gasteiger charge is 2.23. The van der Waals surface area contributed by atoms with E-state index in [1.165, 1.54) is 0 Å². The first-order valence-corrected chi connectivity index (χ1v) is 7.17. The second-order valence-electron chi connectivity index (χ2n) is 4.92. The van der Waals surface area contributed by atoms with E-state index in [4.69, 9.17) is 21.4 Å². The molecule has 1 rings (SSSR count). The number of halogens is 1. The molecule has 112 valence electrons. The molecular formula is C15H22ClNO3.